The average molecular weight is 225 g/mol. The zero-order chi connectivity index (χ0) is 11.3. The third-order valence-electron chi connectivity index (χ3n) is 1.70. The molecule has 0 heterocycles. The van der Waals surface area contributed by atoms with Crippen molar-refractivity contribution in [2.45, 2.75) is 0 Å². The fourth-order valence-corrected chi connectivity index (χ4v) is 1.31. The summed E-state index contributed by atoms with van der Waals surface area (Å²) in [6.07, 6.45) is 5.70. The molecule has 0 spiro atoms. The maximum Gasteiger partial charge on any atom is 0.173 e. The van der Waals surface area contributed by atoms with E-state index in [1.807, 2.05) is 0 Å². The molecule has 0 saturated heterocycles. The number of hydrogen-bond acceptors (Lipinski definition) is 3. The Kier molecular flexibility index (Phi) is 4.02. The first kappa shape index (κ1) is 11.4. The Morgan fingerprint density at radius 1 is 1.60 bits per heavy atom. The topological polar surface area (TPSA) is 35.5 Å². The van der Waals surface area contributed by atoms with Gasteiger partial charge < -0.3 is 9.47 Å². The van der Waals surface area contributed by atoms with Crippen LogP contribution >= 0.6 is 11.6 Å². The molecule has 1 aromatic carbocycles. The van der Waals surface area contributed by atoms with Gasteiger partial charge in [0.05, 0.1) is 12.7 Å². The minimum Gasteiger partial charge on any atom is -0.493 e. The Morgan fingerprint density at radius 2 is 2.33 bits per heavy atom. The van der Waals surface area contributed by atoms with Gasteiger partial charge in [-0.05, 0) is 6.07 Å². The van der Waals surface area contributed by atoms with Crippen molar-refractivity contribution < 1.29 is 14.3 Å². The standard InChI is InChI=1S/C11H9ClO3/c1-3-4-15-11-8(7-13)5-9(12)6-10(11)14-2/h1,5-7H,4H2,2H3. The molecule has 0 saturated carbocycles. The van der Waals surface area contributed by atoms with E-state index in [1.54, 1.807) is 6.07 Å². The summed E-state index contributed by atoms with van der Waals surface area (Å²) in [7, 11) is 1.46. The van der Waals surface area contributed by atoms with Gasteiger partial charge in [-0.25, -0.2) is 0 Å². The number of rotatable bonds is 4. The summed E-state index contributed by atoms with van der Waals surface area (Å²) in [5.74, 6) is 3.01. The lowest BCUT2D eigenvalue weighted by atomic mass is 10.2. The molecule has 78 valence electrons. The molecular weight excluding hydrogens is 216 g/mol. The molecule has 0 aliphatic heterocycles. The lowest BCUT2D eigenvalue weighted by Crippen LogP contribution is -2.00. The summed E-state index contributed by atoms with van der Waals surface area (Å²) >= 11 is 5.78. The van der Waals surface area contributed by atoms with Gasteiger partial charge in [0.2, 0.25) is 0 Å². The van der Waals surface area contributed by atoms with Crippen LogP contribution in [0.2, 0.25) is 5.02 Å². The summed E-state index contributed by atoms with van der Waals surface area (Å²) in [4.78, 5) is 10.8. The van der Waals surface area contributed by atoms with E-state index in [4.69, 9.17) is 27.5 Å². The number of terminal acetylenes is 1. The van der Waals surface area contributed by atoms with E-state index in [1.165, 1.54) is 13.2 Å². The number of carbonyl (C=O) groups excluding carboxylic acids is 1. The normalized spacial score (nSPS) is 9.13. The highest BCUT2D eigenvalue weighted by Gasteiger charge is 2.11. The Labute approximate surface area is 92.9 Å². The first-order valence-corrected chi connectivity index (χ1v) is 4.49. The van der Waals surface area contributed by atoms with Gasteiger partial charge in [0.15, 0.2) is 17.8 Å². The van der Waals surface area contributed by atoms with E-state index in [-0.39, 0.29) is 6.61 Å². The largest absolute Gasteiger partial charge is 0.493 e. The van der Waals surface area contributed by atoms with E-state index in [0.717, 1.165) is 0 Å². The molecule has 3 nitrogen and oxygen atoms in total. The van der Waals surface area contributed by atoms with Crippen LogP contribution in [0.25, 0.3) is 0 Å². The Balaban J connectivity index is 3.19. The van der Waals surface area contributed by atoms with Crippen LogP contribution in [0, 0.1) is 12.3 Å². The van der Waals surface area contributed by atoms with Gasteiger partial charge in [-0.3, -0.25) is 4.79 Å². The van der Waals surface area contributed by atoms with Crippen LogP contribution in [0.5, 0.6) is 11.5 Å². The van der Waals surface area contributed by atoms with Crippen molar-refractivity contribution in [2.24, 2.45) is 0 Å². The van der Waals surface area contributed by atoms with Crippen LogP contribution in [-0.2, 0) is 0 Å². The molecule has 1 aromatic rings. The van der Waals surface area contributed by atoms with E-state index >= 15 is 0 Å². The van der Waals surface area contributed by atoms with E-state index < -0.39 is 0 Å². The molecule has 0 atom stereocenters. The second-order valence-electron chi connectivity index (χ2n) is 2.64. The number of aldehydes is 1. The van der Waals surface area contributed by atoms with Gasteiger partial charge >= 0.3 is 0 Å². The van der Waals surface area contributed by atoms with E-state index in [0.29, 0.717) is 28.4 Å². The molecule has 0 radical (unpaired) electrons. The summed E-state index contributed by atoms with van der Waals surface area (Å²) in [5.41, 5.74) is 0.314. The number of hydrogen-bond donors (Lipinski definition) is 0. The zero-order valence-corrected chi connectivity index (χ0v) is 8.88. The van der Waals surface area contributed by atoms with Crippen molar-refractivity contribution >= 4 is 17.9 Å². The molecule has 4 heteroatoms. The molecule has 0 N–H and O–H groups in total. The second-order valence-corrected chi connectivity index (χ2v) is 3.07. The maximum absolute atomic E-state index is 10.8. The molecule has 0 aliphatic rings. The molecule has 0 amide bonds. The monoisotopic (exact) mass is 224 g/mol. The van der Waals surface area contributed by atoms with Crippen LogP contribution < -0.4 is 9.47 Å². The fraction of sp³-hybridized carbons (Fsp3) is 0.182. The molecule has 0 fully saturated rings. The predicted molar refractivity (Wildman–Crippen MR) is 57.7 cm³/mol. The first-order chi connectivity index (χ1) is 7.22. The van der Waals surface area contributed by atoms with Crippen LogP contribution in [0.3, 0.4) is 0 Å². The van der Waals surface area contributed by atoms with Crippen molar-refractivity contribution in [1.82, 2.24) is 0 Å². The van der Waals surface area contributed by atoms with Crippen molar-refractivity contribution in [1.29, 1.82) is 0 Å². The first-order valence-electron chi connectivity index (χ1n) is 4.12. The predicted octanol–water partition coefficient (Wildman–Crippen LogP) is 2.17. The minimum atomic E-state index is 0.0683. The van der Waals surface area contributed by atoms with Gasteiger partial charge in [0.25, 0.3) is 0 Å². The van der Waals surface area contributed by atoms with Crippen molar-refractivity contribution in [2.75, 3.05) is 13.7 Å². The third-order valence-corrected chi connectivity index (χ3v) is 1.91. The summed E-state index contributed by atoms with van der Waals surface area (Å²) in [5, 5.41) is 0.405. The lowest BCUT2D eigenvalue weighted by molar-refractivity contribution is 0.111. The van der Waals surface area contributed by atoms with Gasteiger partial charge in [-0.1, -0.05) is 17.5 Å². The maximum atomic E-state index is 10.8. The van der Waals surface area contributed by atoms with Gasteiger partial charge in [-0.15, -0.1) is 6.42 Å². The summed E-state index contributed by atoms with van der Waals surface area (Å²) < 4.78 is 10.2. The van der Waals surface area contributed by atoms with E-state index in [9.17, 15) is 4.79 Å². The number of ether oxygens (including phenoxy) is 2. The summed E-state index contributed by atoms with van der Waals surface area (Å²) in [6.45, 7) is 0.0683. The highest BCUT2D eigenvalue weighted by molar-refractivity contribution is 6.31. The van der Waals surface area contributed by atoms with Crippen molar-refractivity contribution in [3.05, 3.63) is 22.7 Å². The van der Waals surface area contributed by atoms with Crippen LogP contribution in [0.15, 0.2) is 12.1 Å². The SMILES string of the molecule is C#CCOc1c(C=O)cc(Cl)cc1OC. The van der Waals surface area contributed by atoms with Gasteiger partial charge in [0.1, 0.15) is 6.61 Å². The smallest absolute Gasteiger partial charge is 0.173 e. The molecule has 15 heavy (non-hydrogen) atoms. The number of carbonyl (C=O) groups is 1. The highest BCUT2D eigenvalue weighted by atomic mass is 35.5. The molecule has 0 bridgehead atoms. The Hall–Kier alpha value is -1.66. The molecule has 0 aliphatic carbocycles. The molecule has 0 aromatic heterocycles. The molecule has 1 rings (SSSR count). The fourth-order valence-electron chi connectivity index (χ4n) is 1.10. The minimum absolute atomic E-state index is 0.0683. The Morgan fingerprint density at radius 3 is 2.87 bits per heavy atom. The van der Waals surface area contributed by atoms with Crippen molar-refractivity contribution in [3.63, 3.8) is 0 Å². The molecule has 0 unspecified atom stereocenters. The van der Waals surface area contributed by atoms with Gasteiger partial charge in [-0.2, -0.15) is 0 Å². The number of benzene rings is 1. The number of methoxy groups -OCH3 is 1. The molecular formula is C11H9ClO3. The zero-order valence-electron chi connectivity index (χ0n) is 8.12. The Bertz CT molecular complexity index is 407. The van der Waals surface area contributed by atoms with Crippen LogP contribution in [-0.4, -0.2) is 20.0 Å². The van der Waals surface area contributed by atoms with E-state index in [2.05, 4.69) is 5.92 Å². The third kappa shape index (κ3) is 2.64. The number of halogens is 1. The average Bonchev–Trinajstić information content (AvgIpc) is 2.26. The van der Waals surface area contributed by atoms with Crippen LogP contribution in [0.1, 0.15) is 10.4 Å². The lowest BCUT2D eigenvalue weighted by Gasteiger charge is -2.11. The second kappa shape index (κ2) is 5.28. The quantitative estimate of drug-likeness (QED) is 0.581. The van der Waals surface area contributed by atoms with Crippen LogP contribution in [0.4, 0.5) is 0 Å². The summed E-state index contributed by atoms with van der Waals surface area (Å²) in [6, 6.07) is 3.04. The van der Waals surface area contributed by atoms with Gasteiger partial charge in [0, 0.05) is 11.1 Å². The highest BCUT2D eigenvalue weighted by Crippen LogP contribution is 2.33. The van der Waals surface area contributed by atoms with Crippen molar-refractivity contribution in [3.8, 4) is 23.8 Å².